The Morgan fingerprint density at radius 2 is 2.06 bits per heavy atom. The highest BCUT2D eigenvalue weighted by molar-refractivity contribution is 7.89. The normalized spacial score (nSPS) is 25.1. The van der Waals surface area contributed by atoms with Crippen LogP contribution in [0.2, 0.25) is 0 Å². The lowest BCUT2D eigenvalue weighted by Crippen LogP contribution is -2.43. The van der Waals surface area contributed by atoms with Crippen LogP contribution in [0.4, 0.5) is 0 Å². The fourth-order valence-electron chi connectivity index (χ4n) is 1.85. The highest BCUT2D eigenvalue weighted by atomic mass is 32.2. The molecule has 1 fully saturated rings. The smallest absolute Gasteiger partial charge is 0.247 e. The van der Waals surface area contributed by atoms with Gasteiger partial charge in [-0.25, -0.2) is 13.1 Å². The molecule has 6 heteroatoms. The SMILES string of the molecule is CC1CC(NS(=O)(=O)c2ccc(=O)[nH]c2)C1. The summed E-state index contributed by atoms with van der Waals surface area (Å²) in [5, 5.41) is 0. The van der Waals surface area contributed by atoms with Crippen molar-refractivity contribution in [1.82, 2.24) is 9.71 Å². The molecule has 0 bridgehead atoms. The van der Waals surface area contributed by atoms with Gasteiger partial charge in [-0.05, 0) is 24.8 Å². The van der Waals surface area contributed by atoms with Crippen molar-refractivity contribution >= 4 is 10.0 Å². The number of nitrogens with one attached hydrogen (secondary N) is 2. The fourth-order valence-corrected chi connectivity index (χ4v) is 3.08. The maximum absolute atomic E-state index is 11.8. The third-order valence-corrected chi connectivity index (χ3v) is 4.28. The lowest BCUT2D eigenvalue weighted by molar-refractivity contribution is 0.270. The first-order chi connectivity index (χ1) is 7.47. The lowest BCUT2D eigenvalue weighted by atomic mass is 9.83. The Morgan fingerprint density at radius 1 is 1.38 bits per heavy atom. The van der Waals surface area contributed by atoms with E-state index >= 15 is 0 Å². The van der Waals surface area contributed by atoms with Gasteiger partial charge < -0.3 is 4.98 Å². The predicted molar refractivity (Wildman–Crippen MR) is 59.6 cm³/mol. The molecule has 1 aromatic rings. The number of hydrogen-bond acceptors (Lipinski definition) is 3. The second-order valence-electron chi connectivity index (χ2n) is 4.28. The Balaban J connectivity index is 2.13. The molecule has 0 spiro atoms. The Labute approximate surface area is 93.9 Å². The van der Waals surface area contributed by atoms with Crippen molar-refractivity contribution in [1.29, 1.82) is 0 Å². The van der Waals surface area contributed by atoms with Crippen molar-refractivity contribution < 1.29 is 8.42 Å². The molecule has 1 aromatic heterocycles. The first kappa shape index (κ1) is 11.3. The van der Waals surface area contributed by atoms with Crippen LogP contribution in [-0.2, 0) is 10.0 Å². The van der Waals surface area contributed by atoms with E-state index in [1.165, 1.54) is 18.3 Å². The number of sulfonamides is 1. The van der Waals surface area contributed by atoms with Crippen molar-refractivity contribution in [3.05, 3.63) is 28.7 Å². The Morgan fingerprint density at radius 3 is 2.56 bits per heavy atom. The molecular weight excluding hydrogens is 228 g/mol. The number of hydrogen-bond donors (Lipinski definition) is 2. The van der Waals surface area contributed by atoms with Crippen LogP contribution in [0.5, 0.6) is 0 Å². The molecule has 5 nitrogen and oxygen atoms in total. The highest BCUT2D eigenvalue weighted by Crippen LogP contribution is 2.27. The zero-order chi connectivity index (χ0) is 11.8. The average molecular weight is 242 g/mol. The van der Waals surface area contributed by atoms with Crippen molar-refractivity contribution in [2.24, 2.45) is 5.92 Å². The zero-order valence-corrected chi connectivity index (χ0v) is 9.75. The van der Waals surface area contributed by atoms with Gasteiger partial charge in [-0.15, -0.1) is 0 Å². The lowest BCUT2D eigenvalue weighted by Gasteiger charge is -2.32. The van der Waals surface area contributed by atoms with Crippen LogP contribution < -0.4 is 10.3 Å². The highest BCUT2D eigenvalue weighted by Gasteiger charge is 2.29. The van der Waals surface area contributed by atoms with Crippen LogP contribution in [0, 0.1) is 5.92 Å². The molecule has 0 aromatic carbocycles. The molecule has 0 amide bonds. The molecule has 0 unspecified atom stereocenters. The minimum Gasteiger partial charge on any atom is -0.328 e. The number of aromatic nitrogens is 1. The molecule has 0 atom stereocenters. The predicted octanol–water partition coefficient (Wildman–Crippen LogP) is 0.452. The molecule has 1 aliphatic rings. The van der Waals surface area contributed by atoms with E-state index in [4.69, 9.17) is 0 Å². The van der Waals surface area contributed by atoms with Crippen LogP contribution in [0.1, 0.15) is 19.8 Å². The van der Waals surface area contributed by atoms with Gasteiger partial charge in [-0.2, -0.15) is 0 Å². The second-order valence-corrected chi connectivity index (χ2v) is 6.00. The van der Waals surface area contributed by atoms with E-state index < -0.39 is 10.0 Å². The average Bonchev–Trinajstić information content (AvgIpc) is 2.15. The molecule has 0 saturated heterocycles. The number of rotatable bonds is 3. The van der Waals surface area contributed by atoms with Crippen molar-refractivity contribution in [2.45, 2.75) is 30.7 Å². The summed E-state index contributed by atoms with van der Waals surface area (Å²) in [6.45, 7) is 2.09. The Kier molecular flexibility index (Phi) is 2.86. The largest absolute Gasteiger partial charge is 0.328 e. The minimum atomic E-state index is -3.48. The van der Waals surface area contributed by atoms with Crippen LogP contribution in [0.3, 0.4) is 0 Å². The third kappa shape index (κ3) is 2.33. The standard InChI is InChI=1S/C10H14N2O3S/c1-7-4-8(5-7)12-16(14,15)9-2-3-10(13)11-6-9/h2-3,6-8,12H,4-5H2,1H3,(H,11,13). The van der Waals surface area contributed by atoms with Gasteiger partial charge in [0.15, 0.2) is 0 Å². The molecule has 2 N–H and O–H groups in total. The fraction of sp³-hybridized carbons (Fsp3) is 0.500. The van der Waals surface area contributed by atoms with E-state index in [9.17, 15) is 13.2 Å². The van der Waals surface area contributed by atoms with Gasteiger partial charge >= 0.3 is 0 Å². The topological polar surface area (TPSA) is 79.0 Å². The second kappa shape index (κ2) is 4.03. The van der Waals surface area contributed by atoms with Crippen LogP contribution in [0.25, 0.3) is 0 Å². The molecule has 1 heterocycles. The summed E-state index contributed by atoms with van der Waals surface area (Å²) < 4.78 is 26.2. The summed E-state index contributed by atoms with van der Waals surface area (Å²) >= 11 is 0. The summed E-state index contributed by atoms with van der Waals surface area (Å²) in [6.07, 6.45) is 2.97. The molecular formula is C10H14N2O3S. The number of aromatic amines is 1. The molecule has 0 radical (unpaired) electrons. The third-order valence-electron chi connectivity index (χ3n) is 2.76. The van der Waals surface area contributed by atoms with Gasteiger partial charge in [-0.1, -0.05) is 6.92 Å². The quantitative estimate of drug-likeness (QED) is 0.807. The minimum absolute atomic E-state index is 0.0342. The van der Waals surface area contributed by atoms with Gasteiger partial charge in [0.05, 0.1) is 4.90 Å². The van der Waals surface area contributed by atoms with Gasteiger partial charge in [0.25, 0.3) is 0 Å². The van der Waals surface area contributed by atoms with Crippen LogP contribution >= 0.6 is 0 Å². The van der Waals surface area contributed by atoms with Crippen molar-refractivity contribution in [3.63, 3.8) is 0 Å². The first-order valence-electron chi connectivity index (χ1n) is 5.18. The van der Waals surface area contributed by atoms with Crippen molar-refractivity contribution in [3.8, 4) is 0 Å². The maximum Gasteiger partial charge on any atom is 0.247 e. The molecule has 1 saturated carbocycles. The van der Waals surface area contributed by atoms with Gasteiger partial charge in [0.1, 0.15) is 0 Å². The first-order valence-corrected chi connectivity index (χ1v) is 6.67. The van der Waals surface area contributed by atoms with E-state index in [0.717, 1.165) is 12.8 Å². The van der Waals surface area contributed by atoms with Gasteiger partial charge in [-0.3, -0.25) is 4.79 Å². The number of pyridine rings is 1. The molecule has 1 aliphatic carbocycles. The maximum atomic E-state index is 11.8. The monoisotopic (exact) mass is 242 g/mol. The van der Waals surface area contributed by atoms with Crippen LogP contribution in [0.15, 0.2) is 28.0 Å². The van der Waals surface area contributed by atoms with Gasteiger partial charge in [0.2, 0.25) is 15.6 Å². The molecule has 0 aliphatic heterocycles. The molecule has 2 rings (SSSR count). The van der Waals surface area contributed by atoms with Crippen molar-refractivity contribution in [2.75, 3.05) is 0 Å². The summed E-state index contributed by atoms with van der Waals surface area (Å²) in [4.78, 5) is 13.3. The Bertz CT molecular complexity index is 509. The summed E-state index contributed by atoms with van der Waals surface area (Å²) in [5.74, 6) is 0.586. The zero-order valence-electron chi connectivity index (χ0n) is 8.93. The van der Waals surface area contributed by atoms with E-state index in [1.54, 1.807) is 0 Å². The summed E-state index contributed by atoms with van der Waals surface area (Å²) in [7, 11) is -3.48. The van der Waals surface area contributed by atoms with E-state index in [0.29, 0.717) is 5.92 Å². The summed E-state index contributed by atoms with van der Waals surface area (Å²) in [6, 6.07) is 2.55. The van der Waals surface area contributed by atoms with E-state index in [2.05, 4.69) is 16.6 Å². The van der Waals surface area contributed by atoms with E-state index in [1.807, 2.05) is 0 Å². The summed E-state index contributed by atoms with van der Waals surface area (Å²) in [5.41, 5.74) is -0.309. The Hall–Kier alpha value is -1.14. The van der Waals surface area contributed by atoms with Gasteiger partial charge in [0, 0.05) is 18.3 Å². The molecule has 88 valence electrons. The molecule has 16 heavy (non-hydrogen) atoms. The van der Waals surface area contributed by atoms with Crippen LogP contribution in [-0.4, -0.2) is 19.4 Å². The van der Waals surface area contributed by atoms with E-state index in [-0.39, 0.29) is 16.5 Å². The number of H-pyrrole nitrogens is 1.